The molecule has 1 aliphatic carbocycles. The van der Waals surface area contributed by atoms with Gasteiger partial charge in [0, 0.05) is 32.0 Å². The molecular weight excluding hydrogens is 340 g/mol. The number of nitriles is 1. The first-order chi connectivity index (χ1) is 12.0. The Hall–Kier alpha value is -2.23. The average Bonchev–Trinajstić information content (AvgIpc) is 2.49. The predicted octanol–water partition coefficient (Wildman–Crippen LogP) is 4.90. The van der Waals surface area contributed by atoms with E-state index in [-0.39, 0.29) is 5.69 Å². The number of anilines is 1. The van der Waals surface area contributed by atoms with Crippen molar-refractivity contribution in [1.29, 1.82) is 5.26 Å². The van der Waals surface area contributed by atoms with Gasteiger partial charge in [-0.25, -0.2) is 8.78 Å². The molecule has 1 aromatic rings. The zero-order valence-electron chi connectivity index (χ0n) is 15.6. The van der Waals surface area contributed by atoms with Gasteiger partial charge >= 0.3 is 0 Å². The van der Waals surface area contributed by atoms with E-state index < -0.39 is 29.1 Å². The quantitative estimate of drug-likeness (QED) is 0.509. The van der Waals surface area contributed by atoms with Crippen LogP contribution in [0.25, 0.3) is 0 Å². The molecule has 0 saturated heterocycles. The third-order valence-corrected chi connectivity index (χ3v) is 4.57. The second-order valence-electron chi connectivity index (χ2n) is 8.06. The molecule has 1 aromatic carbocycles. The Morgan fingerprint density at radius 2 is 1.77 bits per heavy atom. The van der Waals surface area contributed by atoms with E-state index in [1.807, 2.05) is 38.7 Å². The molecule has 7 heteroatoms. The van der Waals surface area contributed by atoms with E-state index in [9.17, 15) is 24.2 Å². The second-order valence-corrected chi connectivity index (χ2v) is 8.06. The van der Waals surface area contributed by atoms with Crippen LogP contribution in [0.5, 0.6) is 0 Å². The molecule has 1 saturated carbocycles. The van der Waals surface area contributed by atoms with Crippen LogP contribution in [0, 0.1) is 33.3 Å². The van der Waals surface area contributed by atoms with Crippen molar-refractivity contribution in [1.82, 2.24) is 0 Å². The van der Waals surface area contributed by atoms with Crippen molar-refractivity contribution in [2.45, 2.75) is 51.9 Å². The fourth-order valence-electron chi connectivity index (χ4n) is 3.57. The minimum absolute atomic E-state index is 0.131. The first kappa shape index (κ1) is 20.1. The zero-order valence-corrected chi connectivity index (χ0v) is 15.6. The Morgan fingerprint density at radius 1 is 1.23 bits per heavy atom. The Morgan fingerprint density at radius 3 is 2.15 bits per heavy atom. The van der Waals surface area contributed by atoms with E-state index in [2.05, 4.69) is 0 Å². The SMILES string of the molecule is CC(C)CN(CC(C)C)c1ccc(C2(C#N)CC(F)(F)C2)cc1[N+](=O)[O-]. The molecule has 1 aliphatic rings. The van der Waals surface area contributed by atoms with Crippen molar-refractivity contribution < 1.29 is 13.7 Å². The molecule has 0 heterocycles. The number of nitrogens with zero attached hydrogens (tertiary/aromatic N) is 3. The number of alkyl halides is 2. The highest BCUT2D eigenvalue weighted by Gasteiger charge is 2.58. The van der Waals surface area contributed by atoms with Gasteiger partial charge in [0.15, 0.2) is 0 Å². The highest BCUT2D eigenvalue weighted by Crippen LogP contribution is 2.53. The largest absolute Gasteiger partial charge is 0.365 e. The summed E-state index contributed by atoms with van der Waals surface area (Å²) in [5, 5.41) is 21.1. The number of nitro benzene ring substituents is 1. The van der Waals surface area contributed by atoms with Crippen molar-refractivity contribution in [3.63, 3.8) is 0 Å². The number of benzene rings is 1. The summed E-state index contributed by atoms with van der Waals surface area (Å²) in [7, 11) is 0. The van der Waals surface area contributed by atoms with Crippen LogP contribution in [0.1, 0.15) is 46.1 Å². The van der Waals surface area contributed by atoms with Gasteiger partial charge in [0.25, 0.3) is 11.6 Å². The van der Waals surface area contributed by atoms with Crippen molar-refractivity contribution >= 4 is 11.4 Å². The van der Waals surface area contributed by atoms with Gasteiger partial charge in [-0.2, -0.15) is 5.26 Å². The maximum absolute atomic E-state index is 13.4. The maximum atomic E-state index is 13.4. The molecule has 0 unspecified atom stereocenters. The predicted molar refractivity (Wildman–Crippen MR) is 96.5 cm³/mol. The standard InChI is InChI=1S/C19H25F2N3O2/c1-13(2)8-23(9-14(3)4)16-6-5-15(7-17(16)24(25)26)18(12-22)10-19(20,21)11-18/h5-7,13-14H,8-11H2,1-4H3. The molecule has 5 nitrogen and oxygen atoms in total. The lowest BCUT2D eigenvalue weighted by Gasteiger charge is -2.42. The third kappa shape index (κ3) is 4.12. The van der Waals surface area contributed by atoms with Crippen molar-refractivity contribution in [3.8, 4) is 6.07 Å². The van der Waals surface area contributed by atoms with Gasteiger partial charge in [0.2, 0.25) is 0 Å². The smallest absolute Gasteiger partial charge is 0.292 e. The highest BCUT2D eigenvalue weighted by molar-refractivity contribution is 5.66. The van der Waals surface area contributed by atoms with E-state index in [0.717, 1.165) is 0 Å². The lowest BCUT2D eigenvalue weighted by atomic mass is 9.63. The monoisotopic (exact) mass is 365 g/mol. The van der Waals surface area contributed by atoms with Crippen LogP contribution >= 0.6 is 0 Å². The Labute approximate surface area is 152 Å². The van der Waals surface area contributed by atoms with Gasteiger partial charge in [-0.3, -0.25) is 10.1 Å². The average molecular weight is 365 g/mol. The van der Waals surface area contributed by atoms with Crippen LogP contribution in [0.4, 0.5) is 20.2 Å². The molecule has 0 bridgehead atoms. The zero-order chi connectivity index (χ0) is 19.7. The molecule has 0 atom stereocenters. The Kier molecular flexibility index (Phi) is 5.55. The van der Waals surface area contributed by atoms with Gasteiger partial charge in [-0.15, -0.1) is 0 Å². The van der Waals surface area contributed by atoms with Gasteiger partial charge in [0.05, 0.1) is 16.4 Å². The van der Waals surface area contributed by atoms with E-state index in [1.165, 1.54) is 6.07 Å². The number of rotatable bonds is 7. The first-order valence-electron chi connectivity index (χ1n) is 8.82. The van der Waals surface area contributed by atoms with E-state index >= 15 is 0 Å². The van der Waals surface area contributed by atoms with Crippen LogP contribution in [0.15, 0.2) is 18.2 Å². The van der Waals surface area contributed by atoms with Gasteiger partial charge in [0.1, 0.15) is 5.69 Å². The summed E-state index contributed by atoms with van der Waals surface area (Å²) >= 11 is 0. The molecule has 26 heavy (non-hydrogen) atoms. The van der Waals surface area contributed by atoms with Crippen molar-refractivity contribution in [3.05, 3.63) is 33.9 Å². The topological polar surface area (TPSA) is 70.2 Å². The molecule has 0 amide bonds. The molecule has 0 radical (unpaired) electrons. The van der Waals surface area contributed by atoms with Crippen molar-refractivity contribution in [2.75, 3.05) is 18.0 Å². The summed E-state index contributed by atoms with van der Waals surface area (Å²) in [6, 6.07) is 6.45. The van der Waals surface area contributed by atoms with Gasteiger partial charge < -0.3 is 4.90 Å². The summed E-state index contributed by atoms with van der Waals surface area (Å²) in [5.74, 6) is -2.27. The summed E-state index contributed by atoms with van der Waals surface area (Å²) in [6.07, 6.45) is -1.18. The van der Waals surface area contributed by atoms with Gasteiger partial charge in [-0.05, 0) is 23.5 Å². The van der Waals surface area contributed by atoms with Crippen LogP contribution in [-0.2, 0) is 5.41 Å². The summed E-state index contributed by atoms with van der Waals surface area (Å²) in [5.41, 5.74) is -0.697. The summed E-state index contributed by atoms with van der Waals surface area (Å²) in [4.78, 5) is 13.1. The van der Waals surface area contributed by atoms with Crippen LogP contribution < -0.4 is 4.90 Å². The number of nitro groups is 1. The van der Waals surface area contributed by atoms with Crippen LogP contribution in [0.2, 0.25) is 0 Å². The normalized spacial score (nSPS) is 17.7. The Bertz CT molecular complexity index is 708. The minimum atomic E-state index is -2.88. The minimum Gasteiger partial charge on any atom is -0.365 e. The van der Waals surface area contributed by atoms with Crippen LogP contribution in [-0.4, -0.2) is 23.9 Å². The summed E-state index contributed by atoms with van der Waals surface area (Å²) < 4.78 is 26.7. The highest BCUT2D eigenvalue weighted by atomic mass is 19.3. The number of halogens is 2. The molecule has 142 valence electrons. The molecule has 0 aromatic heterocycles. The van der Waals surface area contributed by atoms with E-state index in [0.29, 0.717) is 36.2 Å². The second kappa shape index (κ2) is 7.18. The van der Waals surface area contributed by atoms with Crippen LogP contribution in [0.3, 0.4) is 0 Å². The fraction of sp³-hybridized carbons (Fsp3) is 0.632. The number of hydrogen-bond donors (Lipinski definition) is 0. The van der Waals surface area contributed by atoms with Crippen molar-refractivity contribution in [2.24, 2.45) is 11.8 Å². The lowest BCUT2D eigenvalue weighted by Crippen LogP contribution is -2.48. The molecule has 0 aliphatic heterocycles. The lowest BCUT2D eigenvalue weighted by molar-refractivity contribution is -0.384. The molecule has 2 rings (SSSR count). The fourth-order valence-corrected chi connectivity index (χ4v) is 3.57. The Balaban J connectivity index is 2.46. The summed E-state index contributed by atoms with van der Waals surface area (Å²) in [6.45, 7) is 9.45. The molecular formula is C19H25F2N3O2. The maximum Gasteiger partial charge on any atom is 0.292 e. The molecule has 0 N–H and O–H groups in total. The third-order valence-electron chi connectivity index (χ3n) is 4.57. The van der Waals surface area contributed by atoms with E-state index in [1.54, 1.807) is 12.1 Å². The first-order valence-corrected chi connectivity index (χ1v) is 8.82. The number of hydrogen-bond acceptors (Lipinski definition) is 4. The van der Waals surface area contributed by atoms with Gasteiger partial charge in [-0.1, -0.05) is 33.8 Å². The van der Waals surface area contributed by atoms with E-state index in [4.69, 9.17) is 0 Å². The molecule has 0 spiro atoms. The molecule has 1 fully saturated rings.